The van der Waals surface area contributed by atoms with E-state index in [1.54, 1.807) is 0 Å². The predicted octanol–water partition coefficient (Wildman–Crippen LogP) is 7.81. The molecule has 0 N–H and O–H groups in total. The second-order valence-electron chi connectivity index (χ2n) is 7.35. The summed E-state index contributed by atoms with van der Waals surface area (Å²) in [6, 6.07) is 0. The van der Waals surface area contributed by atoms with E-state index in [1.807, 2.05) is 13.8 Å². The molecule has 1 atom stereocenters. The van der Waals surface area contributed by atoms with Crippen LogP contribution in [0.15, 0.2) is 0 Å². The number of unbranched alkanes of at least 4 members (excludes halogenated alkanes) is 3. The Bertz CT molecular complexity index is 331. The van der Waals surface area contributed by atoms with Crippen molar-refractivity contribution in [3.8, 4) is 0 Å². The topological polar surface area (TPSA) is 35.5 Å². The van der Waals surface area contributed by atoms with E-state index < -0.39 is 26.0 Å². The van der Waals surface area contributed by atoms with Crippen LogP contribution in [0.1, 0.15) is 92.9 Å². The normalized spacial score (nSPS) is 14.0. The van der Waals surface area contributed by atoms with Crippen LogP contribution in [0.25, 0.3) is 0 Å². The molecule has 0 heterocycles. The van der Waals surface area contributed by atoms with Gasteiger partial charge in [-0.1, -0.05) is 0 Å². The molecule has 0 aromatic rings. The van der Waals surface area contributed by atoms with Crippen molar-refractivity contribution in [2.45, 2.75) is 110 Å². The van der Waals surface area contributed by atoms with Crippen molar-refractivity contribution in [1.82, 2.24) is 0 Å². The van der Waals surface area contributed by atoms with Gasteiger partial charge in [-0.15, -0.1) is 0 Å². The number of hydrogen-bond donors (Lipinski definition) is 0. The molecule has 0 fully saturated rings. The van der Waals surface area contributed by atoms with E-state index in [9.17, 15) is 4.57 Å². The van der Waals surface area contributed by atoms with Gasteiger partial charge in [0, 0.05) is 0 Å². The molecule has 25 heavy (non-hydrogen) atoms. The van der Waals surface area contributed by atoms with Crippen molar-refractivity contribution in [3.63, 3.8) is 0 Å². The van der Waals surface area contributed by atoms with Crippen molar-refractivity contribution < 1.29 is 13.6 Å². The average Bonchev–Trinajstić information content (AvgIpc) is 2.60. The number of hydrogen-bond acceptors (Lipinski definition) is 3. The summed E-state index contributed by atoms with van der Waals surface area (Å²) in [6.07, 6.45) is 9.71. The van der Waals surface area contributed by atoms with E-state index in [1.165, 1.54) is 51.8 Å². The molecule has 0 amide bonds. The monoisotopic (exact) mass is 484 g/mol. The second-order valence-corrected chi connectivity index (χ2v) is 25.0. The quantitative estimate of drug-likeness (QED) is 0.156. The van der Waals surface area contributed by atoms with Gasteiger partial charge in [-0.25, -0.2) is 0 Å². The molecule has 0 aliphatic rings. The molecule has 0 saturated carbocycles. The Labute approximate surface area is 162 Å². The molecule has 0 aliphatic heterocycles. The molecular weight excluding hydrogens is 438 g/mol. The zero-order chi connectivity index (χ0) is 19.2. The summed E-state index contributed by atoms with van der Waals surface area (Å²) in [5, 5.41) is 0. The van der Waals surface area contributed by atoms with Gasteiger partial charge in [0.1, 0.15) is 0 Å². The molecular formula is C20H45O3PSn. The standard InChI is InChI=1S/C8H18O3P.3C4H9.Sn/c1-4-7-8-12(9,10-5-2)11-6-3;3*1-3-4-2;/h8H,4-7H2,1-3H3;3*1,3-4H2,2H3;. The van der Waals surface area contributed by atoms with Crippen LogP contribution in [0.5, 0.6) is 0 Å². The zero-order valence-corrected chi connectivity index (χ0v) is 21.7. The van der Waals surface area contributed by atoms with E-state index >= 15 is 0 Å². The van der Waals surface area contributed by atoms with Gasteiger partial charge in [0.15, 0.2) is 0 Å². The van der Waals surface area contributed by atoms with Gasteiger partial charge in [-0.05, 0) is 0 Å². The molecule has 0 saturated heterocycles. The third kappa shape index (κ3) is 8.66. The fourth-order valence-electron chi connectivity index (χ4n) is 4.11. The van der Waals surface area contributed by atoms with Gasteiger partial charge in [0.2, 0.25) is 0 Å². The third-order valence-corrected chi connectivity index (χ3v) is 30.4. The first-order valence-electron chi connectivity index (χ1n) is 10.9. The summed E-state index contributed by atoms with van der Waals surface area (Å²) in [4.78, 5) is 0. The minimum atomic E-state index is -2.99. The van der Waals surface area contributed by atoms with E-state index in [2.05, 4.69) is 27.7 Å². The summed E-state index contributed by atoms with van der Waals surface area (Å²) in [5.41, 5.74) is 0. The van der Waals surface area contributed by atoms with Gasteiger partial charge in [-0.3, -0.25) is 0 Å². The van der Waals surface area contributed by atoms with Crippen molar-refractivity contribution >= 4 is 26.0 Å². The molecule has 3 nitrogen and oxygen atoms in total. The summed E-state index contributed by atoms with van der Waals surface area (Å²) in [5.74, 6) is 0. The molecule has 0 rings (SSSR count). The van der Waals surface area contributed by atoms with Crippen LogP contribution in [0.2, 0.25) is 13.3 Å². The molecule has 1 unspecified atom stereocenters. The van der Waals surface area contributed by atoms with Crippen LogP contribution < -0.4 is 0 Å². The van der Waals surface area contributed by atoms with E-state index in [-0.39, 0.29) is 3.67 Å². The summed E-state index contributed by atoms with van der Waals surface area (Å²) >= 11 is -2.67. The summed E-state index contributed by atoms with van der Waals surface area (Å²) in [7, 11) is -2.99. The van der Waals surface area contributed by atoms with Crippen LogP contribution in [-0.4, -0.2) is 35.3 Å². The van der Waals surface area contributed by atoms with E-state index in [4.69, 9.17) is 9.05 Å². The molecule has 0 aliphatic carbocycles. The molecule has 0 spiro atoms. The maximum atomic E-state index is 13.8. The van der Waals surface area contributed by atoms with Gasteiger partial charge >= 0.3 is 163 Å². The van der Waals surface area contributed by atoms with Gasteiger partial charge in [0.25, 0.3) is 0 Å². The average molecular weight is 483 g/mol. The van der Waals surface area contributed by atoms with Gasteiger partial charge in [-0.2, -0.15) is 0 Å². The van der Waals surface area contributed by atoms with Crippen LogP contribution in [0.3, 0.4) is 0 Å². The summed E-state index contributed by atoms with van der Waals surface area (Å²) in [6.45, 7) is 14.0. The van der Waals surface area contributed by atoms with Crippen molar-refractivity contribution in [1.29, 1.82) is 0 Å². The molecule has 0 radical (unpaired) electrons. The van der Waals surface area contributed by atoms with Crippen LogP contribution >= 0.6 is 7.60 Å². The Morgan fingerprint density at radius 2 is 1.12 bits per heavy atom. The van der Waals surface area contributed by atoms with Gasteiger partial charge in [0.05, 0.1) is 0 Å². The van der Waals surface area contributed by atoms with Crippen LogP contribution in [0, 0.1) is 0 Å². The van der Waals surface area contributed by atoms with Crippen molar-refractivity contribution in [3.05, 3.63) is 0 Å². The van der Waals surface area contributed by atoms with Crippen LogP contribution in [0.4, 0.5) is 0 Å². The minimum absolute atomic E-state index is 0.247. The Morgan fingerprint density at radius 1 is 0.720 bits per heavy atom. The van der Waals surface area contributed by atoms with Crippen LogP contribution in [-0.2, 0) is 13.6 Å². The predicted molar refractivity (Wildman–Crippen MR) is 114 cm³/mol. The first-order valence-corrected chi connectivity index (χ1v) is 20.2. The first-order chi connectivity index (χ1) is 12.0. The zero-order valence-electron chi connectivity index (χ0n) is 17.9. The molecule has 0 aromatic carbocycles. The fourth-order valence-corrected chi connectivity index (χ4v) is 32.8. The molecule has 0 bridgehead atoms. The summed E-state index contributed by atoms with van der Waals surface area (Å²) < 4.78 is 30.0. The van der Waals surface area contributed by atoms with Crippen molar-refractivity contribution in [2.24, 2.45) is 0 Å². The molecule has 5 heteroatoms. The SMILES string of the molecule is CCC[CH2][Sn]([CH2]CCC)([CH2]CCC)[CH](CCC)P(=O)(OCC)OCC. The van der Waals surface area contributed by atoms with E-state index in [0.29, 0.717) is 13.2 Å². The van der Waals surface area contributed by atoms with Crippen molar-refractivity contribution in [2.75, 3.05) is 13.2 Å². The Balaban J connectivity index is 5.93. The molecule has 0 aromatic heterocycles. The Hall–Kier alpha value is 0.949. The second kappa shape index (κ2) is 14.9. The third-order valence-electron chi connectivity index (χ3n) is 5.35. The Kier molecular flexibility index (Phi) is 15.5. The van der Waals surface area contributed by atoms with E-state index in [0.717, 1.165) is 12.8 Å². The first kappa shape index (κ1) is 25.9. The Morgan fingerprint density at radius 3 is 1.40 bits per heavy atom. The van der Waals surface area contributed by atoms with Gasteiger partial charge < -0.3 is 0 Å². The molecule has 152 valence electrons. The maximum absolute atomic E-state index is 13.8. The fraction of sp³-hybridized carbons (Fsp3) is 1.00. The number of rotatable bonds is 17.